The second-order valence-corrected chi connectivity index (χ2v) is 6.40. The lowest BCUT2D eigenvalue weighted by molar-refractivity contribution is -0.143. The Bertz CT molecular complexity index is 580. The predicted molar refractivity (Wildman–Crippen MR) is 87.2 cm³/mol. The molecule has 3 rings (SSSR count). The van der Waals surface area contributed by atoms with Gasteiger partial charge >= 0.3 is 5.97 Å². The maximum atomic E-state index is 12.5. The highest BCUT2D eigenvalue weighted by Crippen LogP contribution is 2.21. The molecule has 1 aromatic carbocycles. The summed E-state index contributed by atoms with van der Waals surface area (Å²) in [6.07, 6.45) is 3.62. The zero-order valence-corrected chi connectivity index (χ0v) is 13.6. The zero-order valence-electron chi connectivity index (χ0n) is 13.6. The van der Waals surface area contributed by atoms with Gasteiger partial charge in [0, 0.05) is 25.3 Å². The van der Waals surface area contributed by atoms with Crippen LogP contribution in [-0.4, -0.2) is 54.3 Å². The largest absolute Gasteiger partial charge is 0.491 e. The zero-order chi connectivity index (χ0) is 16.9. The van der Waals surface area contributed by atoms with Crippen molar-refractivity contribution in [1.82, 2.24) is 4.90 Å². The summed E-state index contributed by atoms with van der Waals surface area (Å²) in [4.78, 5) is 25.3. The van der Waals surface area contributed by atoms with E-state index in [2.05, 4.69) is 0 Å². The highest BCUT2D eigenvalue weighted by molar-refractivity contribution is 5.94. The van der Waals surface area contributed by atoms with E-state index >= 15 is 0 Å². The molecule has 0 unspecified atom stereocenters. The second kappa shape index (κ2) is 7.66. The van der Waals surface area contributed by atoms with Crippen LogP contribution < -0.4 is 4.74 Å². The Hall–Kier alpha value is -2.08. The summed E-state index contributed by atoms with van der Waals surface area (Å²) in [5.41, 5.74) is 0.561. The number of likely N-dealkylation sites (tertiary alicyclic amines) is 1. The molecule has 1 amide bonds. The third-order valence-electron chi connectivity index (χ3n) is 4.62. The first kappa shape index (κ1) is 16.8. The Labute approximate surface area is 141 Å². The SMILES string of the molecule is O=C(O)[C@@H]1CCCN(C(=O)c2ccc(OC[C@@H]3CCCO3)cc2)C1. The van der Waals surface area contributed by atoms with Crippen LogP contribution in [0.5, 0.6) is 5.75 Å². The maximum Gasteiger partial charge on any atom is 0.308 e. The van der Waals surface area contributed by atoms with E-state index in [0.29, 0.717) is 30.9 Å². The number of amides is 1. The Balaban J connectivity index is 1.56. The molecule has 0 saturated carbocycles. The number of aliphatic carboxylic acids is 1. The van der Waals surface area contributed by atoms with E-state index < -0.39 is 11.9 Å². The quantitative estimate of drug-likeness (QED) is 0.894. The average Bonchev–Trinajstić information content (AvgIpc) is 3.13. The maximum absolute atomic E-state index is 12.5. The van der Waals surface area contributed by atoms with Crippen molar-refractivity contribution in [3.8, 4) is 5.75 Å². The summed E-state index contributed by atoms with van der Waals surface area (Å²) in [6, 6.07) is 7.02. The van der Waals surface area contributed by atoms with Crippen LogP contribution in [0, 0.1) is 5.92 Å². The molecule has 2 aliphatic heterocycles. The molecule has 2 atom stereocenters. The number of piperidine rings is 1. The molecule has 0 radical (unpaired) electrons. The molecule has 2 aliphatic rings. The average molecular weight is 333 g/mol. The van der Waals surface area contributed by atoms with E-state index in [1.54, 1.807) is 29.2 Å². The number of benzene rings is 1. The van der Waals surface area contributed by atoms with E-state index in [0.717, 1.165) is 25.9 Å². The minimum absolute atomic E-state index is 0.119. The summed E-state index contributed by atoms with van der Waals surface area (Å²) in [6.45, 7) is 2.22. The monoisotopic (exact) mass is 333 g/mol. The van der Waals surface area contributed by atoms with Crippen molar-refractivity contribution in [1.29, 1.82) is 0 Å². The smallest absolute Gasteiger partial charge is 0.308 e. The van der Waals surface area contributed by atoms with Crippen LogP contribution in [0.4, 0.5) is 0 Å². The first-order valence-corrected chi connectivity index (χ1v) is 8.50. The number of nitrogens with zero attached hydrogens (tertiary/aromatic N) is 1. The summed E-state index contributed by atoms with van der Waals surface area (Å²) < 4.78 is 11.2. The Morgan fingerprint density at radius 1 is 1.21 bits per heavy atom. The van der Waals surface area contributed by atoms with Crippen molar-refractivity contribution >= 4 is 11.9 Å². The topological polar surface area (TPSA) is 76.1 Å². The van der Waals surface area contributed by atoms with Gasteiger partial charge in [-0.25, -0.2) is 0 Å². The minimum atomic E-state index is -0.828. The van der Waals surface area contributed by atoms with Gasteiger partial charge < -0.3 is 19.5 Å². The molecular weight excluding hydrogens is 310 g/mol. The molecular formula is C18H23NO5. The van der Waals surface area contributed by atoms with Gasteiger partial charge in [0.1, 0.15) is 12.4 Å². The first-order chi connectivity index (χ1) is 11.6. The lowest BCUT2D eigenvalue weighted by Gasteiger charge is -2.30. The van der Waals surface area contributed by atoms with Crippen LogP contribution in [-0.2, 0) is 9.53 Å². The van der Waals surface area contributed by atoms with Gasteiger partial charge in [0.15, 0.2) is 0 Å². The van der Waals surface area contributed by atoms with Gasteiger partial charge in [-0.1, -0.05) is 0 Å². The Morgan fingerprint density at radius 2 is 2.00 bits per heavy atom. The lowest BCUT2D eigenvalue weighted by Crippen LogP contribution is -2.42. The number of carbonyl (C=O) groups is 2. The molecule has 0 aromatic heterocycles. The van der Waals surface area contributed by atoms with Crippen LogP contribution in [0.3, 0.4) is 0 Å². The second-order valence-electron chi connectivity index (χ2n) is 6.40. The Morgan fingerprint density at radius 3 is 2.67 bits per heavy atom. The fourth-order valence-corrected chi connectivity index (χ4v) is 3.20. The van der Waals surface area contributed by atoms with Crippen molar-refractivity contribution in [3.05, 3.63) is 29.8 Å². The van der Waals surface area contributed by atoms with Crippen molar-refractivity contribution in [2.75, 3.05) is 26.3 Å². The highest BCUT2D eigenvalue weighted by Gasteiger charge is 2.28. The summed E-state index contributed by atoms with van der Waals surface area (Å²) >= 11 is 0. The van der Waals surface area contributed by atoms with Crippen LogP contribution in [0.1, 0.15) is 36.0 Å². The first-order valence-electron chi connectivity index (χ1n) is 8.50. The van der Waals surface area contributed by atoms with E-state index in [1.165, 1.54) is 0 Å². The summed E-state index contributed by atoms with van der Waals surface area (Å²) in [7, 11) is 0. The molecule has 0 spiro atoms. The molecule has 2 heterocycles. The van der Waals surface area contributed by atoms with Gasteiger partial charge in [-0.2, -0.15) is 0 Å². The van der Waals surface area contributed by atoms with E-state index in [-0.39, 0.29) is 18.6 Å². The molecule has 1 N–H and O–H groups in total. The van der Waals surface area contributed by atoms with Crippen LogP contribution in [0.2, 0.25) is 0 Å². The molecule has 1 aromatic rings. The minimum Gasteiger partial charge on any atom is -0.491 e. The van der Waals surface area contributed by atoms with Gasteiger partial charge in [0.2, 0.25) is 0 Å². The highest BCUT2D eigenvalue weighted by atomic mass is 16.5. The lowest BCUT2D eigenvalue weighted by atomic mass is 9.97. The Kier molecular flexibility index (Phi) is 5.35. The van der Waals surface area contributed by atoms with Crippen molar-refractivity contribution in [3.63, 3.8) is 0 Å². The molecule has 130 valence electrons. The van der Waals surface area contributed by atoms with Gasteiger partial charge in [-0.3, -0.25) is 9.59 Å². The molecule has 0 bridgehead atoms. The fraction of sp³-hybridized carbons (Fsp3) is 0.556. The van der Waals surface area contributed by atoms with Gasteiger partial charge in [0.05, 0.1) is 12.0 Å². The van der Waals surface area contributed by atoms with Gasteiger partial charge in [-0.05, 0) is 49.9 Å². The number of hydrogen-bond donors (Lipinski definition) is 1. The van der Waals surface area contributed by atoms with E-state index in [1.807, 2.05) is 0 Å². The summed E-state index contributed by atoms with van der Waals surface area (Å²) in [5.74, 6) is -0.696. The van der Waals surface area contributed by atoms with Crippen molar-refractivity contribution in [2.24, 2.45) is 5.92 Å². The number of carbonyl (C=O) groups excluding carboxylic acids is 1. The van der Waals surface area contributed by atoms with Crippen molar-refractivity contribution in [2.45, 2.75) is 31.8 Å². The molecule has 6 heteroatoms. The number of carboxylic acid groups (broad SMARTS) is 1. The van der Waals surface area contributed by atoms with Gasteiger partial charge in [-0.15, -0.1) is 0 Å². The third kappa shape index (κ3) is 4.06. The molecule has 6 nitrogen and oxygen atoms in total. The third-order valence-corrected chi connectivity index (χ3v) is 4.62. The summed E-state index contributed by atoms with van der Waals surface area (Å²) in [5, 5.41) is 9.13. The fourth-order valence-electron chi connectivity index (χ4n) is 3.20. The van der Waals surface area contributed by atoms with Gasteiger partial charge in [0.25, 0.3) is 5.91 Å². The van der Waals surface area contributed by atoms with Crippen LogP contribution >= 0.6 is 0 Å². The van der Waals surface area contributed by atoms with E-state index in [9.17, 15) is 9.59 Å². The predicted octanol–water partition coefficient (Wildman–Crippen LogP) is 2.18. The van der Waals surface area contributed by atoms with Crippen LogP contribution in [0.25, 0.3) is 0 Å². The standard InChI is InChI=1S/C18H23NO5/c20-17(19-9-1-3-14(11-19)18(21)22)13-5-7-15(8-6-13)24-12-16-4-2-10-23-16/h5-8,14,16H,1-4,9-12H2,(H,21,22)/t14-,16+/m1/s1. The molecule has 2 fully saturated rings. The number of ether oxygens (including phenoxy) is 2. The molecule has 2 saturated heterocycles. The number of hydrogen-bond acceptors (Lipinski definition) is 4. The van der Waals surface area contributed by atoms with Crippen LogP contribution in [0.15, 0.2) is 24.3 Å². The number of rotatable bonds is 5. The molecule has 24 heavy (non-hydrogen) atoms. The van der Waals surface area contributed by atoms with E-state index in [4.69, 9.17) is 14.6 Å². The van der Waals surface area contributed by atoms with Crippen molar-refractivity contribution < 1.29 is 24.2 Å². The normalized spacial score (nSPS) is 23.9. The molecule has 0 aliphatic carbocycles. The number of carboxylic acids is 1.